The summed E-state index contributed by atoms with van der Waals surface area (Å²) in [6, 6.07) is 41.7. The zero-order valence-corrected chi connectivity index (χ0v) is 28.0. The Morgan fingerprint density at radius 1 is 0.574 bits per heavy atom. The van der Waals surface area contributed by atoms with Gasteiger partial charge in [-0.1, -0.05) is 133 Å². The van der Waals surface area contributed by atoms with Gasteiger partial charge in [0.15, 0.2) is 11.0 Å². The summed E-state index contributed by atoms with van der Waals surface area (Å²) in [6.45, 7) is 0. The Labute approximate surface area is 289 Å². The molecular formula is C34H21Cl4N6O2P. The van der Waals surface area contributed by atoms with Gasteiger partial charge in [-0.15, -0.1) is 0 Å². The number of aromatic amines is 1. The Morgan fingerprint density at radius 3 is 1.38 bits per heavy atom. The predicted octanol–water partition coefficient (Wildman–Crippen LogP) is 10.1. The largest absolute Gasteiger partial charge is 0.339 e. The van der Waals surface area contributed by atoms with E-state index in [9.17, 15) is 19.9 Å². The van der Waals surface area contributed by atoms with Crippen molar-refractivity contribution >= 4 is 50.5 Å². The molecule has 47 heavy (non-hydrogen) atoms. The van der Waals surface area contributed by atoms with Gasteiger partial charge in [-0.2, -0.15) is 10.5 Å². The third-order valence-electron chi connectivity index (χ3n) is 6.18. The van der Waals surface area contributed by atoms with Crippen LogP contribution in [0.15, 0.2) is 126 Å². The summed E-state index contributed by atoms with van der Waals surface area (Å²) in [6.07, 6.45) is 0. The number of hydrogen-bond donors (Lipinski definition) is 1. The van der Waals surface area contributed by atoms with Crippen LogP contribution in [0.25, 0.3) is 45.3 Å². The maximum absolute atomic E-state index is 12.1. The number of hydrogen-bond acceptors (Lipinski definition) is 7. The molecule has 0 amide bonds. The Kier molecular flexibility index (Phi) is 12.4. The minimum absolute atomic E-state index is 0.0286. The van der Waals surface area contributed by atoms with E-state index >= 15 is 0 Å². The summed E-state index contributed by atoms with van der Waals surface area (Å²) < 4.78 is 9.51. The van der Waals surface area contributed by atoms with Crippen LogP contribution in [0.5, 0.6) is 0 Å². The predicted molar refractivity (Wildman–Crippen MR) is 188 cm³/mol. The first-order chi connectivity index (χ1) is 22.6. The second kappa shape index (κ2) is 16.7. The van der Waals surface area contributed by atoms with Crippen molar-refractivity contribution in [2.24, 2.45) is 0 Å². The molecule has 0 spiro atoms. The van der Waals surface area contributed by atoms with Crippen LogP contribution in [0.3, 0.4) is 0 Å². The second-order valence-electron chi connectivity index (χ2n) is 9.29. The molecule has 0 unspecified atom stereocenters. The lowest BCUT2D eigenvalue weighted by atomic mass is 10.1. The van der Waals surface area contributed by atoms with Crippen LogP contribution in [0.2, 0.25) is 5.15 Å². The van der Waals surface area contributed by atoms with Gasteiger partial charge in [0.05, 0.1) is 11.4 Å². The van der Waals surface area contributed by atoms with Crippen LogP contribution in [0.4, 0.5) is 0 Å². The van der Waals surface area contributed by atoms with E-state index in [4.69, 9.17) is 11.6 Å². The summed E-state index contributed by atoms with van der Waals surface area (Å²) in [5.74, 6) is 0.969. The average Bonchev–Trinajstić information content (AvgIpc) is 3.08. The standard InChI is InChI=1S/C17H10ClN3.C17H11N3O.Cl3OP/c18-16-14(11-19)15(12-7-3-1-4-8-12)20-17(21-16)13-9-5-2-6-10-13;18-11-14-15(12-7-3-1-4-8-12)19-16(20-17(14)21)13-9-5-2-6-10-13;1-5(2,3)4/h1-10H;1-10H,(H,19,20,21);. The van der Waals surface area contributed by atoms with Gasteiger partial charge >= 0.3 is 5.20 Å². The molecule has 0 aliphatic rings. The molecular weight excluding hydrogens is 697 g/mol. The summed E-state index contributed by atoms with van der Waals surface area (Å²) in [4.78, 5) is 28.0. The van der Waals surface area contributed by atoms with E-state index < -0.39 is 10.8 Å². The first-order valence-electron chi connectivity index (χ1n) is 13.5. The van der Waals surface area contributed by atoms with Crippen molar-refractivity contribution in [1.82, 2.24) is 19.9 Å². The number of nitrogens with zero attached hydrogens (tertiary/aromatic N) is 5. The topological polar surface area (TPSA) is 136 Å². The molecule has 0 aliphatic carbocycles. The SMILES string of the molecule is N#Cc1c(-c2ccccc2)nc(-c2ccccc2)[nH]c1=O.N#Cc1c(Cl)nc(-c2ccccc2)nc1-c1ccccc1.O=P(Cl)(Cl)Cl. The van der Waals surface area contributed by atoms with E-state index in [1.54, 1.807) is 0 Å². The van der Waals surface area contributed by atoms with Crippen molar-refractivity contribution in [3.63, 3.8) is 0 Å². The highest BCUT2D eigenvalue weighted by Crippen LogP contribution is 2.61. The Hall–Kier alpha value is -4.79. The fraction of sp³-hybridized carbons (Fsp3) is 0. The molecule has 6 aromatic rings. The molecule has 0 saturated carbocycles. The number of benzene rings is 4. The molecule has 8 nitrogen and oxygen atoms in total. The lowest BCUT2D eigenvalue weighted by Crippen LogP contribution is -2.15. The van der Waals surface area contributed by atoms with Crippen LogP contribution in [0, 0.1) is 22.7 Å². The average molecular weight is 718 g/mol. The number of halogens is 4. The molecule has 0 aliphatic heterocycles. The maximum Gasteiger partial charge on any atom is 0.339 e. The molecule has 4 aromatic carbocycles. The molecule has 0 fully saturated rings. The molecule has 232 valence electrons. The molecule has 0 bridgehead atoms. The van der Waals surface area contributed by atoms with Crippen molar-refractivity contribution in [2.45, 2.75) is 0 Å². The van der Waals surface area contributed by atoms with Crippen molar-refractivity contribution in [3.05, 3.63) is 148 Å². The fourth-order valence-corrected chi connectivity index (χ4v) is 4.38. The monoisotopic (exact) mass is 716 g/mol. The van der Waals surface area contributed by atoms with Crippen molar-refractivity contribution in [1.29, 1.82) is 10.5 Å². The number of nitriles is 2. The number of H-pyrrole nitrogens is 1. The van der Waals surface area contributed by atoms with Gasteiger partial charge in [0.25, 0.3) is 5.56 Å². The lowest BCUT2D eigenvalue weighted by Gasteiger charge is -2.08. The molecule has 0 saturated heterocycles. The van der Waals surface area contributed by atoms with Crippen molar-refractivity contribution < 1.29 is 4.57 Å². The van der Waals surface area contributed by atoms with Crippen LogP contribution in [-0.4, -0.2) is 19.9 Å². The smallest absolute Gasteiger partial charge is 0.305 e. The van der Waals surface area contributed by atoms with E-state index in [1.807, 2.05) is 127 Å². The van der Waals surface area contributed by atoms with Gasteiger partial charge in [-0.05, 0) is 33.7 Å². The van der Waals surface area contributed by atoms with Crippen LogP contribution >= 0.6 is 50.5 Å². The van der Waals surface area contributed by atoms with E-state index in [0.717, 1.165) is 22.3 Å². The third kappa shape index (κ3) is 10.1. The molecule has 6 rings (SSSR count). The Balaban J connectivity index is 0.000000186. The zero-order valence-electron chi connectivity index (χ0n) is 24.1. The van der Waals surface area contributed by atoms with E-state index in [1.165, 1.54) is 0 Å². The number of rotatable bonds is 4. The summed E-state index contributed by atoms with van der Waals surface area (Å²) in [5.41, 5.74) is 4.11. The van der Waals surface area contributed by atoms with Crippen LogP contribution in [0.1, 0.15) is 11.1 Å². The Morgan fingerprint density at radius 2 is 0.957 bits per heavy atom. The minimum atomic E-state index is -3.22. The number of aromatic nitrogens is 4. The Bertz CT molecular complexity index is 2140. The van der Waals surface area contributed by atoms with Gasteiger partial charge in [0, 0.05) is 22.3 Å². The van der Waals surface area contributed by atoms with Crippen molar-refractivity contribution in [2.75, 3.05) is 0 Å². The fourth-order valence-electron chi connectivity index (χ4n) is 4.17. The van der Waals surface area contributed by atoms with Crippen LogP contribution < -0.4 is 5.56 Å². The van der Waals surface area contributed by atoms with Crippen molar-refractivity contribution in [3.8, 4) is 57.4 Å². The molecule has 0 radical (unpaired) electrons. The molecule has 2 aromatic heterocycles. The quantitative estimate of drug-likeness (QED) is 0.142. The molecule has 13 heteroatoms. The highest BCUT2D eigenvalue weighted by atomic mass is 36.0. The molecule has 2 heterocycles. The highest BCUT2D eigenvalue weighted by molar-refractivity contribution is 8.24. The minimum Gasteiger partial charge on any atom is -0.305 e. The summed E-state index contributed by atoms with van der Waals surface area (Å²) >= 11 is 20.0. The first-order valence-corrected chi connectivity index (χ1v) is 18.3. The van der Waals surface area contributed by atoms with E-state index in [-0.39, 0.29) is 10.7 Å². The molecule has 0 atom stereocenters. The third-order valence-corrected chi connectivity index (χ3v) is 6.46. The zero-order chi connectivity index (χ0) is 33.8. The van der Waals surface area contributed by atoms with Gasteiger partial charge in [-0.3, -0.25) is 9.36 Å². The summed E-state index contributed by atoms with van der Waals surface area (Å²) in [7, 11) is 0. The maximum atomic E-state index is 12.1. The highest BCUT2D eigenvalue weighted by Gasteiger charge is 2.16. The van der Waals surface area contributed by atoms with E-state index in [2.05, 4.69) is 59.7 Å². The summed E-state index contributed by atoms with van der Waals surface area (Å²) in [5, 5.41) is 15.5. The number of nitrogens with one attached hydrogen (secondary N) is 1. The van der Waals surface area contributed by atoms with Crippen LogP contribution in [-0.2, 0) is 4.57 Å². The van der Waals surface area contributed by atoms with Gasteiger partial charge in [-0.25, -0.2) is 15.0 Å². The lowest BCUT2D eigenvalue weighted by molar-refractivity contribution is 0.600. The molecule has 1 N–H and O–H groups in total. The van der Waals surface area contributed by atoms with Gasteiger partial charge in [0.2, 0.25) is 0 Å². The first kappa shape index (κ1) is 35.1. The van der Waals surface area contributed by atoms with Gasteiger partial charge in [0.1, 0.15) is 29.1 Å². The van der Waals surface area contributed by atoms with Gasteiger partial charge < -0.3 is 4.98 Å². The normalized spacial score (nSPS) is 10.3. The second-order valence-corrected chi connectivity index (χ2v) is 16.3. The van der Waals surface area contributed by atoms with E-state index in [0.29, 0.717) is 28.6 Å².